The molecule has 0 radical (unpaired) electrons. The maximum Gasteiger partial charge on any atom is 0.317 e. The number of carbonyl (C=O) groups excluding carboxylic acids is 1. The van der Waals surface area contributed by atoms with E-state index < -0.39 is 11.9 Å². The number of carboxylic acids is 1. The molecular formula is C16H25N3O3. The summed E-state index contributed by atoms with van der Waals surface area (Å²) < 4.78 is 0. The van der Waals surface area contributed by atoms with Crippen LogP contribution in [-0.2, 0) is 4.79 Å². The Bertz CT molecular complexity index is 493. The van der Waals surface area contributed by atoms with Gasteiger partial charge in [-0.25, -0.2) is 4.79 Å². The van der Waals surface area contributed by atoms with Crippen LogP contribution in [0.3, 0.4) is 0 Å². The Morgan fingerprint density at radius 3 is 2.32 bits per heavy atom. The predicted molar refractivity (Wildman–Crippen MR) is 87.1 cm³/mol. The van der Waals surface area contributed by atoms with E-state index in [0.717, 1.165) is 5.69 Å². The summed E-state index contributed by atoms with van der Waals surface area (Å²) in [6, 6.07) is 9.79. The molecule has 0 spiro atoms. The number of nitrogens with one attached hydrogen (secondary N) is 1. The second-order valence-corrected chi connectivity index (χ2v) is 5.60. The standard InChI is InChI=1S/C16H25N3O3/c1-12(15(20)21)11-18(3)16(22)17-10-13(2)19(4)14-8-6-5-7-9-14/h5-9,12-13H,10-11H2,1-4H3,(H,17,22)(H,20,21). The van der Waals surface area contributed by atoms with Crippen molar-refractivity contribution in [2.45, 2.75) is 19.9 Å². The third kappa shape index (κ3) is 5.27. The molecule has 22 heavy (non-hydrogen) atoms. The molecule has 2 amide bonds. The quantitative estimate of drug-likeness (QED) is 0.806. The van der Waals surface area contributed by atoms with Gasteiger partial charge in [0.05, 0.1) is 5.92 Å². The molecule has 0 heterocycles. The van der Waals surface area contributed by atoms with Crippen LogP contribution in [-0.4, -0.2) is 55.2 Å². The number of nitrogens with zero attached hydrogens (tertiary/aromatic N) is 2. The zero-order valence-corrected chi connectivity index (χ0v) is 13.6. The number of likely N-dealkylation sites (N-methyl/N-ethyl adjacent to an activating group) is 1. The number of rotatable bonds is 7. The Labute approximate surface area is 131 Å². The normalized spacial score (nSPS) is 13.1. The van der Waals surface area contributed by atoms with Crippen LogP contribution >= 0.6 is 0 Å². The zero-order chi connectivity index (χ0) is 16.7. The van der Waals surface area contributed by atoms with Crippen molar-refractivity contribution in [1.29, 1.82) is 0 Å². The van der Waals surface area contributed by atoms with Gasteiger partial charge < -0.3 is 20.2 Å². The van der Waals surface area contributed by atoms with Gasteiger partial charge >= 0.3 is 12.0 Å². The van der Waals surface area contributed by atoms with E-state index in [1.165, 1.54) is 4.90 Å². The van der Waals surface area contributed by atoms with Crippen molar-refractivity contribution in [3.8, 4) is 0 Å². The lowest BCUT2D eigenvalue weighted by Gasteiger charge is -2.28. The fourth-order valence-electron chi connectivity index (χ4n) is 2.00. The zero-order valence-electron chi connectivity index (χ0n) is 13.6. The summed E-state index contributed by atoms with van der Waals surface area (Å²) in [5.74, 6) is -1.49. The molecule has 2 atom stereocenters. The molecule has 1 aromatic rings. The first-order valence-electron chi connectivity index (χ1n) is 7.32. The van der Waals surface area contributed by atoms with Crippen LogP contribution < -0.4 is 10.2 Å². The van der Waals surface area contributed by atoms with E-state index in [9.17, 15) is 9.59 Å². The number of hydrogen-bond acceptors (Lipinski definition) is 3. The SMILES string of the molecule is CC(CN(C)C(=O)NCC(C)N(C)c1ccccc1)C(=O)O. The molecule has 6 nitrogen and oxygen atoms in total. The molecule has 0 saturated heterocycles. The van der Waals surface area contributed by atoms with Crippen molar-refractivity contribution in [3.63, 3.8) is 0 Å². The Hall–Kier alpha value is -2.24. The maximum atomic E-state index is 12.0. The highest BCUT2D eigenvalue weighted by Gasteiger charge is 2.18. The third-order valence-electron chi connectivity index (χ3n) is 3.69. The van der Waals surface area contributed by atoms with Crippen LogP contribution in [0.1, 0.15) is 13.8 Å². The fraction of sp³-hybridized carbons (Fsp3) is 0.500. The summed E-state index contributed by atoms with van der Waals surface area (Å²) in [4.78, 5) is 26.3. The van der Waals surface area contributed by atoms with Crippen LogP contribution in [0.2, 0.25) is 0 Å². The Balaban J connectivity index is 2.44. The molecular weight excluding hydrogens is 282 g/mol. The van der Waals surface area contributed by atoms with Gasteiger partial charge in [0.15, 0.2) is 0 Å². The van der Waals surface area contributed by atoms with Crippen molar-refractivity contribution in [2.24, 2.45) is 5.92 Å². The first kappa shape index (κ1) is 17.8. The van der Waals surface area contributed by atoms with Gasteiger partial charge in [-0.15, -0.1) is 0 Å². The molecule has 1 aromatic carbocycles. The Kier molecular flexibility index (Phi) is 6.69. The number of anilines is 1. The van der Waals surface area contributed by atoms with Gasteiger partial charge in [-0.3, -0.25) is 4.79 Å². The molecule has 2 unspecified atom stereocenters. The summed E-state index contributed by atoms with van der Waals surface area (Å²) in [5, 5.41) is 11.7. The van der Waals surface area contributed by atoms with Crippen molar-refractivity contribution < 1.29 is 14.7 Å². The largest absolute Gasteiger partial charge is 0.481 e. The van der Waals surface area contributed by atoms with Crippen molar-refractivity contribution in [2.75, 3.05) is 32.1 Å². The Morgan fingerprint density at radius 1 is 1.18 bits per heavy atom. The van der Waals surface area contributed by atoms with Gasteiger partial charge in [-0.2, -0.15) is 0 Å². The number of hydrogen-bond donors (Lipinski definition) is 2. The molecule has 0 aliphatic rings. The van der Waals surface area contributed by atoms with E-state index in [2.05, 4.69) is 10.2 Å². The van der Waals surface area contributed by atoms with E-state index >= 15 is 0 Å². The fourth-order valence-corrected chi connectivity index (χ4v) is 2.00. The molecule has 0 fully saturated rings. The number of para-hydroxylation sites is 1. The number of urea groups is 1. The smallest absolute Gasteiger partial charge is 0.317 e. The Morgan fingerprint density at radius 2 is 1.77 bits per heavy atom. The average Bonchev–Trinajstić information content (AvgIpc) is 2.51. The average molecular weight is 307 g/mol. The third-order valence-corrected chi connectivity index (χ3v) is 3.69. The van der Waals surface area contributed by atoms with Gasteiger partial charge in [-0.1, -0.05) is 25.1 Å². The van der Waals surface area contributed by atoms with Gasteiger partial charge in [-0.05, 0) is 19.1 Å². The van der Waals surface area contributed by atoms with Crippen molar-refractivity contribution in [1.82, 2.24) is 10.2 Å². The van der Waals surface area contributed by atoms with Gasteiger partial charge in [0.25, 0.3) is 0 Å². The minimum atomic E-state index is -0.906. The molecule has 0 aliphatic heterocycles. The van der Waals surface area contributed by atoms with E-state index in [1.54, 1.807) is 14.0 Å². The number of carboxylic acid groups (broad SMARTS) is 1. The summed E-state index contributed by atoms with van der Waals surface area (Å²) in [6.45, 7) is 4.27. The van der Waals surface area contributed by atoms with E-state index in [-0.39, 0.29) is 18.6 Å². The summed E-state index contributed by atoms with van der Waals surface area (Å²) in [7, 11) is 3.57. The number of benzene rings is 1. The first-order valence-corrected chi connectivity index (χ1v) is 7.32. The molecule has 1 rings (SSSR count). The number of carbonyl (C=O) groups is 2. The summed E-state index contributed by atoms with van der Waals surface area (Å²) in [5.41, 5.74) is 1.08. The number of aliphatic carboxylic acids is 1. The minimum absolute atomic E-state index is 0.122. The highest BCUT2D eigenvalue weighted by Crippen LogP contribution is 2.13. The van der Waals surface area contributed by atoms with Gasteiger partial charge in [0.2, 0.25) is 0 Å². The highest BCUT2D eigenvalue weighted by atomic mass is 16.4. The number of amides is 2. The lowest BCUT2D eigenvalue weighted by atomic mass is 10.2. The minimum Gasteiger partial charge on any atom is -0.481 e. The second kappa shape index (κ2) is 8.26. The van der Waals surface area contributed by atoms with E-state index in [0.29, 0.717) is 6.54 Å². The van der Waals surface area contributed by atoms with E-state index in [4.69, 9.17) is 5.11 Å². The predicted octanol–water partition coefficient (Wildman–Crippen LogP) is 1.87. The second-order valence-electron chi connectivity index (χ2n) is 5.60. The molecule has 0 bridgehead atoms. The molecule has 0 saturated carbocycles. The van der Waals surface area contributed by atoms with Crippen LogP contribution in [0.4, 0.5) is 10.5 Å². The molecule has 0 aromatic heterocycles. The van der Waals surface area contributed by atoms with Crippen LogP contribution in [0.5, 0.6) is 0 Å². The van der Waals surface area contributed by atoms with E-state index in [1.807, 2.05) is 44.3 Å². The first-order chi connectivity index (χ1) is 10.3. The molecule has 6 heteroatoms. The van der Waals surface area contributed by atoms with Gasteiger partial charge in [0, 0.05) is 38.9 Å². The van der Waals surface area contributed by atoms with Crippen LogP contribution in [0, 0.1) is 5.92 Å². The maximum absolute atomic E-state index is 12.0. The monoisotopic (exact) mass is 307 g/mol. The van der Waals surface area contributed by atoms with Crippen molar-refractivity contribution in [3.05, 3.63) is 30.3 Å². The topological polar surface area (TPSA) is 72.9 Å². The highest BCUT2D eigenvalue weighted by molar-refractivity contribution is 5.75. The van der Waals surface area contributed by atoms with Gasteiger partial charge in [0.1, 0.15) is 0 Å². The van der Waals surface area contributed by atoms with Crippen molar-refractivity contribution >= 4 is 17.7 Å². The molecule has 0 aliphatic carbocycles. The molecule has 2 N–H and O–H groups in total. The summed E-state index contributed by atoms with van der Waals surface area (Å²) in [6.07, 6.45) is 0. The molecule has 122 valence electrons. The lowest BCUT2D eigenvalue weighted by molar-refractivity contribution is -0.141. The van der Waals surface area contributed by atoms with Crippen LogP contribution in [0.15, 0.2) is 30.3 Å². The van der Waals surface area contributed by atoms with Crippen LogP contribution in [0.25, 0.3) is 0 Å². The lowest BCUT2D eigenvalue weighted by Crippen LogP contribution is -2.46. The summed E-state index contributed by atoms with van der Waals surface area (Å²) >= 11 is 0.